The molecule has 0 unspecified atom stereocenters. The van der Waals surface area contributed by atoms with Gasteiger partial charge in [0.25, 0.3) is 0 Å². The molecule has 0 aliphatic carbocycles. The first-order valence-electron chi connectivity index (χ1n) is 8.15. The van der Waals surface area contributed by atoms with Gasteiger partial charge in [-0.05, 0) is 18.6 Å². The van der Waals surface area contributed by atoms with Crippen LogP contribution in [0.5, 0.6) is 11.5 Å². The number of methoxy groups -OCH3 is 2. The van der Waals surface area contributed by atoms with Crippen molar-refractivity contribution < 1.29 is 19.1 Å². The second kappa shape index (κ2) is 8.42. The molecule has 24 heavy (non-hydrogen) atoms. The fourth-order valence-electron chi connectivity index (χ4n) is 2.66. The van der Waals surface area contributed by atoms with E-state index >= 15 is 0 Å². The zero-order chi connectivity index (χ0) is 17.5. The van der Waals surface area contributed by atoms with Crippen molar-refractivity contribution in [1.82, 2.24) is 10.6 Å². The average molecular weight is 335 g/mol. The lowest BCUT2D eigenvalue weighted by atomic mass is 10.2. The van der Waals surface area contributed by atoms with Gasteiger partial charge in [0, 0.05) is 31.3 Å². The lowest BCUT2D eigenvalue weighted by molar-refractivity contribution is -0.117. The summed E-state index contributed by atoms with van der Waals surface area (Å²) < 4.78 is 10.5. The molecule has 1 aromatic rings. The van der Waals surface area contributed by atoms with Crippen molar-refractivity contribution >= 4 is 17.6 Å². The van der Waals surface area contributed by atoms with Crippen molar-refractivity contribution in [2.45, 2.75) is 32.2 Å². The van der Waals surface area contributed by atoms with E-state index in [1.165, 1.54) is 0 Å². The molecule has 0 saturated carbocycles. The van der Waals surface area contributed by atoms with Gasteiger partial charge in [0.15, 0.2) is 11.5 Å². The second-order valence-electron chi connectivity index (χ2n) is 5.70. The smallest absolute Gasteiger partial charge is 0.315 e. The van der Waals surface area contributed by atoms with E-state index in [0.29, 0.717) is 24.6 Å². The molecule has 1 atom stereocenters. The van der Waals surface area contributed by atoms with Crippen molar-refractivity contribution in [3.05, 3.63) is 18.2 Å². The fraction of sp³-hybridized carbons (Fsp3) is 0.529. The summed E-state index contributed by atoms with van der Waals surface area (Å²) in [7, 11) is 3.12. The summed E-state index contributed by atoms with van der Waals surface area (Å²) in [4.78, 5) is 25.7. The summed E-state index contributed by atoms with van der Waals surface area (Å²) in [5.74, 6) is 1.15. The van der Waals surface area contributed by atoms with Crippen molar-refractivity contribution in [1.29, 1.82) is 0 Å². The SMILES string of the molecule is CCCCNC(=O)N[C@@H]1CC(=O)N(c2ccc(OC)c(OC)c2)C1. The van der Waals surface area contributed by atoms with Gasteiger partial charge in [-0.25, -0.2) is 4.79 Å². The van der Waals surface area contributed by atoms with Gasteiger partial charge in [0.1, 0.15) is 0 Å². The third-order valence-corrected chi connectivity index (χ3v) is 3.95. The van der Waals surface area contributed by atoms with Crippen LogP contribution in [0.3, 0.4) is 0 Å². The largest absolute Gasteiger partial charge is 0.493 e. The molecule has 132 valence electrons. The lowest BCUT2D eigenvalue weighted by Gasteiger charge is -2.19. The minimum Gasteiger partial charge on any atom is -0.493 e. The van der Waals surface area contributed by atoms with Crippen LogP contribution in [-0.4, -0.2) is 45.3 Å². The van der Waals surface area contributed by atoms with Gasteiger partial charge in [-0.3, -0.25) is 4.79 Å². The molecule has 1 aliphatic rings. The van der Waals surface area contributed by atoms with Crippen molar-refractivity contribution in [3.8, 4) is 11.5 Å². The number of hydrogen-bond donors (Lipinski definition) is 2. The molecule has 2 rings (SSSR count). The highest BCUT2D eigenvalue weighted by atomic mass is 16.5. The van der Waals surface area contributed by atoms with Gasteiger partial charge in [-0.1, -0.05) is 13.3 Å². The van der Waals surface area contributed by atoms with Crippen LogP contribution in [0, 0.1) is 0 Å². The maximum atomic E-state index is 12.3. The molecular weight excluding hydrogens is 310 g/mol. The number of carbonyl (C=O) groups is 2. The maximum Gasteiger partial charge on any atom is 0.315 e. The van der Waals surface area contributed by atoms with Gasteiger partial charge >= 0.3 is 6.03 Å². The Morgan fingerprint density at radius 3 is 2.71 bits per heavy atom. The highest BCUT2D eigenvalue weighted by Crippen LogP contribution is 2.33. The van der Waals surface area contributed by atoms with E-state index < -0.39 is 0 Å². The number of anilines is 1. The summed E-state index contributed by atoms with van der Waals surface area (Å²) in [5, 5.41) is 5.65. The first kappa shape index (κ1) is 17.9. The molecule has 0 spiro atoms. The summed E-state index contributed by atoms with van der Waals surface area (Å²) in [5.41, 5.74) is 0.730. The van der Waals surface area contributed by atoms with E-state index in [9.17, 15) is 9.59 Å². The highest BCUT2D eigenvalue weighted by molar-refractivity contribution is 5.97. The lowest BCUT2D eigenvalue weighted by Crippen LogP contribution is -2.43. The number of nitrogens with one attached hydrogen (secondary N) is 2. The van der Waals surface area contributed by atoms with Crippen molar-refractivity contribution in [3.63, 3.8) is 0 Å². The van der Waals surface area contributed by atoms with Crippen LogP contribution >= 0.6 is 0 Å². The van der Waals surface area contributed by atoms with Crippen LogP contribution in [0.2, 0.25) is 0 Å². The predicted octanol–water partition coefficient (Wildman–Crippen LogP) is 1.91. The predicted molar refractivity (Wildman–Crippen MR) is 91.7 cm³/mol. The topological polar surface area (TPSA) is 79.9 Å². The Balaban J connectivity index is 1.98. The van der Waals surface area contributed by atoms with Gasteiger partial charge in [0.05, 0.1) is 20.3 Å². The Morgan fingerprint density at radius 2 is 2.04 bits per heavy atom. The maximum absolute atomic E-state index is 12.3. The van der Waals surface area contributed by atoms with E-state index in [0.717, 1.165) is 18.5 Å². The van der Waals surface area contributed by atoms with Crippen molar-refractivity contribution in [2.24, 2.45) is 0 Å². The van der Waals surface area contributed by atoms with Crippen LogP contribution < -0.4 is 25.0 Å². The number of rotatable bonds is 7. The molecule has 0 radical (unpaired) electrons. The Kier molecular flexibility index (Phi) is 6.28. The molecule has 1 aromatic carbocycles. The molecule has 1 aliphatic heterocycles. The number of nitrogens with zero attached hydrogens (tertiary/aromatic N) is 1. The highest BCUT2D eigenvalue weighted by Gasteiger charge is 2.32. The Hall–Kier alpha value is -2.44. The average Bonchev–Trinajstić information content (AvgIpc) is 2.94. The Bertz CT molecular complexity index is 591. The molecule has 0 aromatic heterocycles. The number of unbranched alkanes of at least 4 members (excludes halogenated alkanes) is 1. The molecule has 2 N–H and O–H groups in total. The molecule has 1 heterocycles. The Labute approximate surface area is 142 Å². The minimum atomic E-state index is -0.226. The first-order valence-corrected chi connectivity index (χ1v) is 8.15. The van der Waals surface area contributed by atoms with E-state index in [4.69, 9.17) is 9.47 Å². The normalized spacial score (nSPS) is 16.9. The zero-order valence-electron chi connectivity index (χ0n) is 14.4. The van der Waals surface area contributed by atoms with Crippen LogP contribution in [0.1, 0.15) is 26.2 Å². The first-order chi connectivity index (χ1) is 11.6. The van der Waals surface area contributed by atoms with E-state index in [1.807, 2.05) is 6.07 Å². The summed E-state index contributed by atoms with van der Waals surface area (Å²) in [6, 6.07) is 4.91. The molecular formula is C17H25N3O4. The third kappa shape index (κ3) is 4.31. The molecule has 3 amide bonds. The van der Waals surface area contributed by atoms with Crippen LogP contribution in [0.4, 0.5) is 10.5 Å². The number of carbonyl (C=O) groups excluding carboxylic acids is 2. The molecule has 7 nitrogen and oxygen atoms in total. The van der Waals surface area contributed by atoms with Gasteiger partial charge < -0.3 is 25.0 Å². The van der Waals surface area contributed by atoms with Gasteiger partial charge in [-0.15, -0.1) is 0 Å². The minimum absolute atomic E-state index is 0.0268. The van der Waals surface area contributed by atoms with E-state index in [1.54, 1.807) is 31.3 Å². The van der Waals surface area contributed by atoms with Crippen LogP contribution in [0.15, 0.2) is 18.2 Å². The molecule has 1 saturated heterocycles. The van der Waals surface area contributed by atoms with E-state index in [2.05, 4.69) is 17.6 Å². The van der Waals surface area contributed by atoms with Gasteiger partial charge in [0.2, 0.25) is 5.91 Å². The van der Waals surface area contributed by atoms with Crippen LogP contribution in [-0.2, 0) is 4.79 Å². The summed E-state index contributed by atoms with van der Waals surface area (Å²) >= 11 is 0. The number of amides is 3. The number of hydrogen-bond acceptors (Lipinski definition) is 4. The van der Waals surface area contributed by atoms with E-state index in [-0.39, 0.29) is 24.4 Å². The van der Waals surface area contributed by atoms with Crippen molar-refractivity contribution in [2.75, 3.05) is 32.2 Å². The van der Waals surface area contributed by atoms with Crippen LogP contribution in [0.25, 0.3) is 0 Å². The summed E-state index contributed by atoms with van der Waals surface area (Å²) in [6.07, 6.45) is 2.25. The second-order valence-corrected chi connectivity index (χ2v) is 5.70. The Morgan fingerprint density at radius 1 is 1.29 bits per heavy atom. The molecule has 7 heteroatoms. The monoisotopic (exact) mass is 335 g/mol. The zero-order valence-corrected chi connectivity index (χ0v) is 14.4. The number of urea groups is 1. The quantitative estimate of drug-likeness (QED) is 0.746. The third-order valence-electron chi connectivity index (χ3n) is 3.95. The summed E-state index contributed by atoms with van der Waals surface area (Å²) in [6.45, 7) is 3.15. The standard InChI is InChI=1S/C17H25N3O4/c1-4-5-8-18-17(22)19-12-9-16(21)20(11-12)13-6-7-14(23-2)15(10-13)24-3/h6-7,10,12H,4-5,8-9,11H2,1-3H3,(H2,18,19,22)/t12-/m1/s1. The molecule has 0 bridgehead atoms. The molecule has 1 fully saturated rings. The number of benzene rings is 1. The van der Waals surface area contributed by atoms with Gasteiger partial charge in [-0.2, -0.15) is 0 Å². The fourth-order valence-corrected chi connectivity index (χ4v) is 2.66. The number of ether oxygens (including phenoxy) is 2.